The highest BCUT2D eigenvalue weighted by Crippen LogP contribution is 2.87. The van der Waals surface area contributed by atoms with Gasteiger partial charge in [0.05, 0.1) is 35.6 Å². The first-order valence-electron chi connectivity index (χ1n) is 17.6. The number of aliphatic hydroxyl groups excluding tert-OH is 3. The van der Waals surface area contributed by atoms with E-state index in [1.54, 1.807) is 13.8 Å². The normalized spacial score (nSPS) is 47.0. The van der Waals surface area contributed by atoms with Crippen LogP contribution in [0.5, 0.6) is 0 Å². The van der Waals surface area contributed by atoms with Crippen molar-refractivity contribution in [1.82, 2.24) is 0 Å². The fraction of sp³-hybridized carbons (Fsp3) is 0.943. The van der Waals surface area contributed by atoms with Crippen molar-refractivity contribution in [3.8, 4) is 0 Å². The lowest BCUT2D eigenvalue weighted by Crippen LogP contribution is -2.70. The second-order valence-corrected chi connectivity index (χ2v) is 17.2. The molecule has 12 nitrogen and oxygen atoms in total. The average Bonchev–Trinajstić information content (AvgIpc) is 3.63. The molecule has 268 valence electrons. The summed E-state index contributed by atoms with van der Waals surface area (Å²) in [4.78, 5) is 23.0. The predicted octanol–water partition coefficient (Wildman–Crippen LogP) is 1.55. The zero-order valence-corrected chi connectivity index (χ0v) is 28.8. The summed E-state index contributed by atoms with van der Waals surface area (Å²) in [5.74, 6) is -0.0775. The molecule has 6 aliphatic rings. The van der Waals surface area contributed by atoms with E-state index in [0.717, 1.165) is 44.9 Å². The van der Waals surface area contributed by atoms with Crippen molar-refractivity contribution in [1.29, 1.82) is 0 Å². The summed E-state index contributed by atoms with van der Waals surface area (Å²) in [5.41, 5.74) is 4.75. The van der Waals surface area contributed by atoms with E-state index >= 15 is 0 Å². The van der Waals surface area contributed by atoms with Crippen molar-refractivity contribution in [2.75, 3.05) is 6.61 Å². The van der Waals surface area contributed by atoms with Gasteiger partial charge in [0.25, 0.3) is 0 Å². The Hall–Kier alpha value is -1.22. The van der Waals surface area contributed by atoms with Crippen LogP contribution in [-0.4, -0.2) is 105 Å². The number of esters is 1. The Morgan fingerprint density at radius 2 is 1.68 bits per heavy atom. The molecule has 14 unspecified atom stereocenters. The minimum Gasteiger partial charge on any atom is -0.457 e. The number of hydrogen-bond donors (Lipinski definition) is 6. The van der Waals surface area contributed by atoms with Crippen molar-refractivity contribution in [2.24, 2.45) is 45.1 Å². The first kappa shape index (κ1) is 35.6. The Kier molecular flexibility index (Phi) is 8.84. The van der Waals surface area contributed by atoms with Gasteiger partial charge in [-0.3, -0.25) is 4.79 Å². The molecule has 7 N–H and O–H groups in total. The van der Waals surface area contributed by atoms with Crippen LogP contribution < -0.4 is 5.73 Å². The van der Waals surface area contributed by atoms with Gasteiger partial charge in [0.2, 0.25) is 0 Å². The van der Waals surface area contributed by atoms with Gasteiger partial charge in [-0.2, -0.15) is 0 Å². The van der Waals surface area contributed by atoms with E-state index in [2.05, 4.69) is 20.8 Å². The van der Waals surface area contributed by atoms with Gasteiger partial charge in [-0.05, 0) is 111 Å². The van der Waals surface area contributed by atoms with E-state index in [1.807, 2.05) is 0 Å². The summed E-state index contributed by atoms with van der Waals surface area (Å²) >= 11 is 0. The molecule has 6 rings (SSSR count). The molecule has 0 radical (unpaired) electrons. The van der Waals surface area contributed by atoms with Gasteiger partial charge in [0, 0.05) is 6.92 Å². The molecule has 5 aliphatic carbocycles. The number of aliphatic hydroxyl groups is 5. The summed E-state index contributed by atoms with van der Waals surface area (Å²) in [6.45, 7) is 10.8. The maximum atomic E-state index is 12.3. The summed E-state index contributed by atoms with van der Waals surface area (Å²) in [6, 6.07) is 0. The fourth-order valence-corrected chi connectivity index (χ4v) is 12.4. The van der Waals surface area contributed by atoms with Crippen LogP contribution in [0.3, 0.4) is 0 Å². The van der Waals surface area contributed by atoms with E-state index < -0.39 is 60.2 Å². The molecule has 1 heterocycles. The molecule has 0 aromatic carbocycles. The number of fused-ring (bicyclic) bond motifs is 4. The SMILES string of the molecule is CC(=O)OC(C1CCC2C(O1)C(O)C1(N)C3CCC4C(C)(C)C(OC(OCC=O)C(O)C(O)O)CCC45CC35CCC21C)C(C)(C)O. The van der Waals surface area contributed by atoms with Gasteiger partial charge in [0.15, 0.2) is 24.8 Å². The zero-order valence-electron chi connectivity index (χ0n) is 28.8. The summed E-state index contributed by atoms with van der Waals surface area (Å²) < 4.78 is 23.9. The molecule has 12 heteroatoms. The predicted molar refractivity (Wildman–Crippen MR) is 167 cm³/mol. The zero-order chi connectivity index (χ0) is 34.5. The number of ether oxygens (including phenoxy) is 4. The maximum Gasteiger partial charge on any atom is 0.303 e. The van der Waals surface area contributed by atoms with Crippen molar-refractivity contribution in [3.05, 3.63) is 0 Å². The lowest BCUT2D eigenvalue weighted by molar-refractivity contribution is -0.283. The van der Waals surface area contributed by atoms with Crippen molar-refractivity contribution >= 4 is 12.3 Å². The van der Waals surface area contributed by atoms with Gasteiger partial charge in [0.1, 0.15) is 12.9 Å². The van der Waals surface area contributed by atoms with Crippen LogP contribution in [0.25, 0.3) is 0 Å². The Bertz CT molecular complexity index is 1220. The summed E-state index contributed by atoms with van der Waals surface area (Å²) in [5, 5.41) is 52.8. The van der Waals surface area contributed by atoms with E-state index in [1.165, 1.54) is 6.92 Å². The standard InChI is InChI=1S/C35H57NO11/c1-18(38)45-27(31(4,5)43)20-8-7-19-25(46-20)26(40)35(36)22-10-9-21-30(2,3)23(47-29(44-16-15-37)24(39)28(41)42)11-12-33(21)17-34(22,33)14-13-32(19,35)6/h15,19-29,39-43H,7-14,16-17,36H2,1-6H3. The molecule has 0 aromatic heterocycles. The van der Waals surface area contributed by atoms with E-state index in [9.17, 15) is 35.1 Å². The second kappa shape index (κ2) is 11.7. The van der Waals surface area contributed by atoms with Crippen LogP contribution >= 0.6 is 0 Å². The van der Waals surface area contributed by atoms with Crippen molar-refractivity contribution in [2.45, 2.75) is 160 Å². The third-order valence-electron chi connectivity index (χ3n) is 14.5. The van der Waals surface area contributed by atoms with Crippen LogP contribution in [0.1, 0.15) is 99.3 Å². The van der Waals surface area contributed by atoms with Gasteiger partial charge < -0.3 is 55.0 Å². The number of nitrogens with two attached hydrogens (primary N) is 1. The molecular weight excluding hydrogens is 610 g/mol. The monoisotopic (exact) mass is 667 g/mol. The van der Waals surface area contributed by atoms with Gasteiger partial charge in [-0.1, -0.05) is 20.8 Å². The Morgan fingerprint density at radius 1 is 1.02 bits per heavy atom. The first-order valence-corrected chi connectivity index (χ1v) is 17.6. The Morgan fingerprint density at radius 3 is 2.30 bits per heavy atom. The third kappa shape index (κ3) is 5.02. The van der Waals surface area contributed by atoms with Crippen molar-refractivity contribution < 1.29 is 54.1 Å². The molecule has 1 saturated heterocycles. The molecule has 14 atom stereocenters. The van der Waals surface area contributed by atoms with Crippen molar-refractivity contribution in [3.63, 3.8) is 0 Å². The van der Waals surface area contributed by atoms with Crippen LogP contribution in [0.2, 0.25) is 0 Å². The number of rotatable bonds is 10. The topological polar surface area (TPSA) is 198 Å². The fourth-order valence-electron chi connectivity index (χ4n) is 12.4. The lowest BCUT2D eigenvalue weighted by atomic mass is 9.44. The first-order chi connectivity index (χ1) is 21.8. The van der Waals surface area contributed by atoms with Crippen LogP contribution in [0.4, 0.5) is 0 Å². The molecule has 0 amide bonds. The highest BCUT2D eigenvalue weighted by atomic mass is 16.7. The minimum atomic E-state index is -2.08. The lowest BCUT2D eigenvalue weighted by Gasteiger charge is -2.63. The molecule has 6 fully saturated rings. The van der Waals surface area contributed by atoms with E-state index in [-0.39, 0.29) is 52.1 Å². The highest BCUT2D eigenvalue weighted by molar-refractivity contribution is 5.66. The summed E-state index contributed by atoms with van der Waals surface area (Å²) in [6.07, 6.45) is -0.252. The van der Waals surface area contributed by atoms with Gasteiger partial charge in [-0.15, -0.1) is 0 Å². The van der Waals surface area contributed by atoms with Crippen LogP contribution in [0.15, 0.2) is 0 Å². The second-order valence-electron chi connectivity index (χ2n) is 17.2. The molecular formula is C35H57NO11. The molecule has 2 spiro atoms. The molecule has 1 aliphatic heterocycles. The van der Waals surface area contributed by atoms with Gasteiger partial charge in [-0.25, -0.2) is 0 Å². The molecule has 0 aromatic rings. The molecule has 5 saturated carbocycles. The van der Waals surface area contributed by atoms with Crippen LogP contribution in [-0.2, 0) is 28.5 Å². The van der Waals surface area contributed by atoms with E-state index in [4.69, 9.17) is 24.7 Å². The largest absolute Gasteiger partial charge is 0.457 e. The highest BCUT2D eigenvalue weighted by Gasteiger charge is 2.85. The summed E-state index contributed by atoms with van der Waals surface area (Å²) in [7, 11) is 0. The molecule has 0 bridgehead atoms. The third-order valence-corrected chi connectivity index (χ3v) is 14.5. The number of hydrogen-bond acceptors (Lipinski definition) is 12. The maximum absolute atomic E-state index is 12.3. The molecule has 47 heavy (non-hydrogen) atoms. The Labute approximate surface area is 277 Å². The quantitative estimate of drug-likeness (QED) is 0.112. The Balaban J connectivity index is 1.24. The van der Waals surface area contributed by atoms with Gasteiger partial charge >= 0.3 is 5.97 Å². The number of carbonyl (C=O) groups is 2. The van der Waals surface area contributed by atoms with Crippen LogP contribution in [0, 0.1) is 39.4 Å². The smallest absolute Gasteiger partial charge is 0.303 e. The number of aldehydes is 1. The number of carbonyl (C=O) groups excluding carboxylic acids is 2. The minimum absolute atomic E-state index is 0.0259. The average molecular weight is 668 g/mol. The van der Waals surface area contributed by atoms with E-state index in [0.29, 0.717) is 19.1 Å².